The molecule has 0 fully saturated rings. The molecule has 0 N–H and O–H groups in total. The Hall–Kier alpha value is -5.78. The van der Waals surface area contributed by atoms with Gasteiger partial charge < -0.3 is 4.57 Å². The molecule has 0 saturated heterocycles. The summed E-state index contributed by atoms with van der Waals surface area (Å²) in [5, 5.41) is -0.693. The van der Waals surface area contributed by atoms with E-state index in [1.807, 2.05) is 0 Å². The Bertz CT molecular complexity index is 3850. The van der Waals surface area contributed by atoms with Crippen LogP contribution in [0.1, 0.15) is 27.4 Å². The molecule has 0 radical (unpaired) electrons. The van der Waals surface area contributed by atoms with Crippen LogP contribution in [0.2, 0.25) is 0 Å². The maximum Gasteiger partial charge on any atom is 0.159 e. The fraction of sp³-hybridized carbons (Fsp3) is 0. The molecule has 4 aromatic heterocycles. The Morgan fingerprint density at radius 3 is 1.89 bits per heavy atom. The van der Waals surface area contributed by atoms with Gasteiger partial charge in [0, 0.05) is 37.3 Å². The minimum absolute atomic E-state index is 0.0636. The molecule has 0 atom stereocenters. The maximum absolute atomic E-state index is 9.53. The highest BCUT2D eigenvalue weighted by molar-refractivity contribution is 7.26. The van der Waals surface area contributed by atoms with E-state index in [-0.39, 0.29) is 59.7 Å². The summed E-state index contributed by atoms with van der Waals surface area (Å²) in [6.45, 7) is 0. The van der Waals surface area contributed by atoms with E-state index >= 15 is 0 Å². The maximum atomic E-state index is 9.53. The molecule has 210 valence electrons. The Kier molecular flexibility index (Phi) is 2.56. The second-order valence-electron chi connectivity index (χ2n) is 9.98. The first-order chi connectivity index (χ1) is 30.6. The van der Waals surface area contributed by atoms with Crippen molar-refractivity contribution in [2.45, 2.75) is 0 Å². The molecule has 10 rings (SSSR count). The smallest absolute Gasteiger partial charge is 0.159 e. The number of rotatable bonds is 3. The lowest BCUT2D eigenvalue weighted by atomic mass is 10.0. The lowest BCUT2D eigenvalue weighted by Crippen LogP contribution is -2.01. The van der Waals surface area contributed by atoms with Gasteiger partial charge in [0.2, 0.25) is 0 Å². The first-order valence-corrected chi connectivity index (χ1v) is 14.3. The number of fused-ring (bicyclic) bond motifs is 10. The van der Waals surface area contributed by atoms with Crippen LogP contribution >= 0.6 is 11.3 Å². The molecule has 4 nitrogen and oxygen atoms in total. The summed E-state index contributed by atoms with van der Waals surface area (Å²) in [7, 11) is 0. The Morgan fingerprint density at radius 2 is 1.16 bits per heavy atom. The minimum atomic E-state index is -0.804. The number of hydrogen-bond donors (Lipinski definition) is 0. The highest BCUT2D eigenvalue weighted by Crippen LogP contribution is 2.44. The van der Waals surface area contributed by atoms with Crippen LogP contribution < -0.4 is 0 Å². The quantitative estimate of drug-likeness (QED) is 0.199. The summed E-state index contributed by atoms with van der Waals surface area (Å²) in [4.78, 5) is 9.17. The lowest BCUT2D eigenvalue weighted by Gasteiger charge is -2.12. The van der Waals surface area contributed by atoms with E-state index in [0.717, 1.165) is 15.9 Å². The fourth-order valence-corrected chi connectivity index (χ4v) is 7.05. The van der Waals surface area contributed by atoms with Gasteiger partial charge in [0.15, 0.2) is 5.82 Å². The van der Waals surface area contributed by atoms with Gasteiger partial charge in [0.05, 0.1) is 59.7 Å². The molecule has 10 aromatic rings. The SMILES string of the molecule is [2H]c1c([2H])c([2H])c(-c2ccc3c(c2)sc2c(-n4c5c([2H])c([2H])c([2H])c([2H])c5c5c([2H])c([2H])c6c7c([2H])c([2H])c([2H])c([2H])c7n(-c7c([2H])c([2H])c([2H])c([2H])c7[2H])c6c54)ncnc23)c([2H])c1[2H]. The van der Waals surface area contributed by atoms with Crippen molar-refractivity contribution in [3.63, 3.8) is 0 Å². The molecule has 0 aliphatic rings. The number of nitrogens with zero attached hydrogens (tertiary/aromatic N) is 4. The normalized spacial score (nSPS) is 18.2. The standard InChI is InChI=1S/C40H24N4S/c1-3-11-25(12-4-1)26-19-20-32-35(23-26)45-39-36(32)41-24-42-40(39)44-34-18-10-8-16-29(34)31-22-21-30-28-15-7-9-17-33(28)43(37(30)38(31)44)27-13-5-2-6-14-27/h1-24H/i1D,2D,3D,4D,5D,6D,7D,8D,9D,10D,11D,12D,13D,14D,15D,16D,17D,18D,21D,22D. The second kappa shape index (κ2) is 9.36. The summed E-state index contributed by atoms with van der Waals surface area (Å²) in [5.41, 5.74) is -1.29. The molecule has 0 aliphatic heterocycles. The van der Waals surface area contributed by atoms with Gasteiger partial charge in [-0.15, -0.1) is 11.3 Å². The van der Waals surface area contributed by atoms with Crippen LogP contribution in [-0.4, -0.2) is 19.1 Å². The fourth-order valence-electron chi connectivity index (χ4n) is 5.87. The summed E-state index contributed by atoms with van der Waals surface area (Å²) in [6, 6.07) is -8.53. The van der Waals surface area contributed by atoms with Crippen LogP contribution in [0, 0.1) is 0 Å². The van der Waals surface area contributed by atoms with Crippen molar-refractivity contribution in [2.24, 2.45) is 0 Å². The zero-order chi connectivity index (χ0) is 46.9. The van der Waals surface area contributed by atoms with Crippen LogP contribution in [0.4, 0.5) is 0 Å². The lowest BCUT2D eigenvalue weighted by molar-refractivity contribution is 1.07. The molecule has 0 unspecified atom stereocenters. The van der Waals surface area contributed by atoms with Crippen molar-refractivity contribution in [1.82, 2.24) is 19.1 Å². The number of benzene rings is 6. The highest BCUT2D eigenvalue weighted by Gasteiger charge is 2.23. The summed E-state index contributed by atoms with van der Waals surface area (Å²) in [6.07, 6.45) is 1.17. The summed E-state index contributed by atoms with van der Waals surface area (Å²) in [5.74, 6) is -0.0681. The van der Waals surface area contributed by atoms with Crippen molar-refractivity contribution < 1.29 is 27.4 Å². The third-order valence-electron chi connectivity index (χ3n) is 7.68. The Labute approximate surface area is 290 Å². The van der Waals surface area contributed by atoms with Crippen molar-refractivity contribution >= 4 is 75.3 Å². The number of thiophene rings is 1. The number of hydrogen-bond acceptors (Lipinski definition) is 3. The molecule has 0 amide bonds. The zero-order valence-electron chi connectivity index (χ0n) is 42.5. The van der Waals surface area contributed by atoms with Crippen LogP contribution in [0.3, 0.4) is 0 Å². The largest absolute Gasteiger partial charge is 0.307 e. The molecular formula is C40H24N4S. The van der Waals surface area contributed by atoms with Crippen LogP contribution in [0.15, 0.2) is 145 Å². The van der Waals surface area contributed by atoms with E-state index in [1.54, 1.807) is 18.2 Å². The van der Waals surface area contributed by atoms with Gasteiger partial charge in [-0.2, -0.15) is 0 Å². The van der Waals surface area contributed by atoms with Crippen LogP contribution in [0.5, 0.6) is 0 Å². The molecule has 4 heterocycles. The molecular weight excluding hydrogens is 569 g/mol. The summed E-state index contributed by atoms with van der Waals surface area (Å²) < 4.78 is 179. The van der Waals surface area contributed by atoms with Gasteiger partial charge in [0.1, 0.15) is 6.33 Å². The third kappa shape index (κ3) is 3.47. The predicted molar refractivity (Wildman–Crippen MR) is 189 cm³/mol. The first-order valence-electron chi connectivity index (χ1n) is 23.5. The molecule has 45 heavy (non-hydrogen) atoms. The third-order valence-corrected chi connectivity index (χ3v) is 8.82. The van der Waals surface area contributed by atoms with Crippen molar-refractivity contribution in [3.05, 3.63) is 145 Å². The number of aromatic nitrogens is 4. The highest BCUT2D eigenvalue weighted by atomic mass is 32.1. The van der Waals surface area contributed by atoms with Gasteiger partial charge in [-0.25, -0.2) is 9.97 Å². The molecule has 0 bridgehead atoms. The van der Waals surface area contributed by atoms with E-state index in [9.17, 15) is 5.48 Å². The van der Waals surface area contributed by atoms with Gasteiger partial charge >= 0.3 is 0 Å². The average molecular weight is 613 g/mol. The van der Waals surface area contributed by atoms with E-state index in [4.69, 9.17) is 21.9 Å². The molecule has 0 saturated carbocycles. The van der Waals surface area contributed by atoms with Crippen molar-refractivity contribution in [2.75, 3.05) is 0 Å². The van der Waals surface area contributed by atoms with E-state index in [2.05, 4.69) is 9.97 Å². The minimum Gasteiger partial charge on any atom is -0.307 e. The first kappa shape index (κ1) is 12.3. The molecule has 6 aromatic carbocycles. The molecule has 0 aliphatic carbocycles. The Balaban J connectivity index is 1.48. The zero-order valence-corrected chi connectivity index (χ0v) is 23.3. The molecule has 0 spiro atoms. The van der Waals surface area contributed by atoms with E-state index < -0.39 is 132 Å². The topological polar surface area (TPSA) is 35.6 Å². The van der Waals surface area contributed by atoms with Crippen molar-refractivity contribution in [1.29, 1.82) is 0 Å². The van der Waals surface area contributed by atoms with Crippen LogP contribution in [-0.2, 0) is 0 Å². The van der Waals surface area contributed by atoms with E-state index in [1.165, 1.54) is 10.9 Å². The predicted octanol–water partition coefficient (Wildman–Crippen LogP) is 10.7. The second-order valence-corrected chi connectivity index (χ2v) is 11.0. The average Bonchev–Trinajstić information content (AvgIpc) is 3.96. The summed E-state index contributed by atoms with van der Waals surface area (Å²) >= 11 is 1.07. The van der Waals surface area contributed by atoms with Gasteiger partial charge in [0.25, 0.3) is 0 Å². The van der Waals surface area contributed by atoms with Crippen molar-refractivity contribution in [3.8, 4) is 22.6 Å². The monoisotopic (exact) mass is 612 g/mol. The van der Waals surface area contributed by atoms with Crippen LogP contribution in [0.25, 0.3) is 86.5 Å². The van der Waals surface area contributed by atoms with Gasteiger partial charge in [-0.1, -0.05) is 109 Å². The van der Waals surface area contributed by atoms with Gasteiger partial charge in [-0.3, -0.25) is 4.57 Å². The Morgan fingerprint density at radius 1 is 0.533 bits per heavy atom. The number of para-hydroxylation sites is 3. The van der Waals surface area contributed by atoms with E-state index in [0.29, 0.717) is 15.6 Å². The van der Waals surface area contributed by atoms with Gasteiger partial charge in [-0.05, 0) is 41.4 Å². The molecule has 5 heteroatoms.